The molecule has 1 fully saturated rings. The highest BCUT2D eigenvalue weighted by molar-refractivity contribution is 5.67. The predicted octanol–water partition coefficient (Wildman–Crippen LogP) is 2.90. The molecule has 1 N–H and O–H groups in total. The lowest BCUT2D eigenvalue weighted by molar-refractivity contribution is -0.192. The Kier molecular flexibility index (Phi) is 5.01. The summed E-state index contributed by atoms with van der Waals surface area (Å²) in [5.74, 6) is -1.09. The van der Waals surface area contributed by atoms with Crippen molar-refractivity contribution < 1.29 is 23.1 Å². The van der Waals surface area contributed by atoms with Crippen LogP contribution in [0.3, 0.4) is 0 Å². The van der Waals surface area contributed by atoms with Crippen molar-refractivity contribution >= 4 is 5.97 Å². The number of carboxylic acids is 1. The first-order valence-corrected chi connectivity index (χ1v) is 6.26. The highest BCUT2D eigenvalue weighted by Crippen LogP contribution is 2.36. The fraction of sp³-hybridized carbons (Fsp3) is 0.917. The van der Waals surface area contributed by atoms with Crippen molar-refractivity contribution in [2.24, 2.45) is 5.92 Å². The van der Waals surface area contributed by atoms with Crippen LogP contribution in [0.25, 0.3) is 0 Å². The molecule has 0 aromatic rings. The van der Waals surface area contributed by atoms with E-state index in [0.29, 0.717) is 18.9 Å². The van der Waals surface area contributed by atoms with E-state index in [1.54, 1.807) is 0 Å². The van der Waals surface area contributed by atoms with Crippen molar-refractivity contribution in [3.05, 3.63) is 0 Å². The number of alkyl halides is 3. The van der Waals surface area contributed by atoms with Crippen LogP contribution in [0.5, 0.6) is 0 Å². The van der Waals surface area contributed by atoms with Crippen LogP contribution < -0.4 is 0 Å². The lowest BCUT2D eigenvalue weighted by atomic mass is 10.1. The Labute approximate surface area is 105 Å². The highest BCUT2D eigenvalue weighted by Gasteiger charge is 2.48. The Morgan fingerprint density at radius 3 is 2.28 bits per heavy atom. The molecule has 0 amide bonds. The zero-order valence-corrected chi connectivity index (χ0v) is 10.7. The molecule has 0 radical (unpaired) electrons. The topological polar surface area (TPSA) is 40.5 Å². The minimum Gasteiger partial charge on any atom is -0.481 e. The van der Waals surface area contributed by atoms with E-state index in [-0.39, 0.29) is 6.04 Å². The Balaban J connectivity index is 2.73. The second-order valence-electron chi connectivity index (χ2n) is 5.31. The standard InChI is InChI=1S/C12H20F3NO2/c1-8(2)5-6-16(9-3-4-9)10(7-11(17)18)12(13,14)15/h8-10H,3-7H2,1-2H3,(H,17,18). The molecule has 1 unspecified atom stereocenters. The van der Waals surface area contributed by atoms with Crippen LogP contribution in [0.4, 0.5) is 13.2 Å². The maximum atomic E-state index is 12.9. The summed E-state index contributed by atoms with van der Waals surface area (Å²) >= 11 is 0. The number of rotatable bonds is 7. The molecule has 0 aliphatic heterocycles. The number of hydrogen-bond donors (Lipinski definition) is 1. The van der Waals surface area contributed by atoms with Crippen LogP contribution in [-0.4, -0.2) is 40.8 Å². The van der Waals surface area contributed by atoms with Gasteiger partial charge in [0.25, 0.3) is 0 Å². The molecule has 0 aromatic heterocycles. The average Bonchev–Trinajstić information content (AvgIpc) is 2.97. The molecule has 0 bridgehead atoms. The van der Waals surface area contributed by atoms with Crippen LogP contribution >= 0.6 is 0 Å². The summed E-state index contributed by atoms with van der Waals surface area (Å²) in [4.78, 5) is 12.0. The predicted molar refractivity (Wildman–Crippen MR) is 61.3 cm³/mol. The Morgan fingerprint density at radius 1 is 1.39 bits per heavy atom. The van der Waals surface area contributed by atoms with Crippen molar-refractivity contribution in [2.75, 3.05) is 6.54 Å². The number of hydrogen-bond acceptors (Lipinski definition) is 2. The number of halogens is 3. The summed E-state index contributed by atoms with van der Waals surface area (Å²) in [7, 11) is 0. The van der Waals surface area contributed by atoms with Gasteiger partial charge in [-0.05, 0) is 31.7 Å². The summed E-state index contributed by atoms with van der Waals surface area (Å²) in [6, 6.07) is -1.93. The van der Waals surface area contributed by atoms with Gasteiger partial charge >= 0.3 is 12.1 Å². The maximum absolute atomic E-state index is 12.9. The van der Waals surface area contributed by atoms with Gasteiger partial charge in [0.1, 0.15) is 6.04 Å². The summed E-state index contributed by atoms with van der Waals surface area (Å²) in [5, 5.41) is 8.65. The zero-order valence-electron chi connectivity index (χ0n) is 10.7. The van der Waals surface area contributed by atoms with E-state index < -0.39 is 24.6 Å². The molecule has 0 heterocycles. The Hall–Kier alpha value is -0.780. The molecule has 1 aliphatic rings. The SMILES string of the molecule is CC(C)CCN(C1CC1)C(CC(=O)O)C(F)(F)F. The van der Waals surface area contributed by atoms with Crippen molar-refractivity contribution in [1.82, 2.24) is 4.90 Å². The van der Waals surface area contributed by atoms with Gasteiger partial charge in [-0.2, -0.15) is 13.2 Å². The molecule has 3 nitrogen and oxygen atoms in total. The molecule has 1 saturated carbocycles. The van der Waals surface area contributed by atoms with Crippen LogP contribution in [0.15, 0.2) is 0 Å². The quantitative estimate of drug-likeness (QED) is 0.771. The van der Waals surface area contributed by atoms with Crippen LogP contribution in [-0.2, 0) is 4.79 Å². The summed E-state index contributed by atoms with van der Waals surface area (Å²) < 4.78 is 38.8. The Bertz CT molecular complexity index is 288. The molecule has 0 saturated heterocycles. The molecule has 1 rings (SSSR count). The summed E-state index contributed by atoms with van der Waals surface area (Å²) in [6.45, 7) is 4.22. The first kappa shape index (κ1) is 15.3. The maximum Gasteiger partial charge on any atom is 0.404 e. The van der Waals surface area contributed by atoms with Crippen LogP contribution in [0.1, 0.15) is 39.5 Å². The van der Waals surface area contributed by atoms with Gasteiger partial charge in [-0.25, -0.2) is 0 Å². The monoisotopic (exact) mass is 267 g/mol. The highest BCUT2D eigenvalue weighted by atomic mass is 19.4. The average molecular weight is 267 g/mol. The van der Waals surface area contributed by atoms with Crippen molar-refractivity contribution in [3.8, 4) is 0 Å². The first-order chi connectivity index (χ1) is 8.21. The molecule has 18 heavy (non-hydrogen) atoms. The molecule has 1 atom stereocenters. The molecule has 0 spiro atoms. The zero-order chi connectivity index (χ0) is 13.9. The van der Waals surface area contributed by atoms with E-state index in [2.05, 4.69) is 0 Å². The minimum absolute atomic E-state index is 0.0882. The van der Waals surface area contributed by atoms with Gasteiger partial charge in [-0.3, -0.25) is 9.69 Å². The number of carbonyl (C=O) groups is 1. The smallest absolute Gasteiger partial charge is 0.404 e. The van der Waals surface area contributed by atoms with Crippen molar-refractivity contribution in [1.29, 1.82) is 0 Å². The van der Waals surface area contributed by atoms with Crippen LogP contribution in [0, 0.1) is 5.92 Å². The van der Waals surface area contributed by atoms with Crippen molar-refractivity contribution in [2.45, 2.75) is 57.8 Å². The fourth-order valence-electron chi connectivity index (χ4n) is 1.99. The second kappa shape index (κ2) is 5.91. The first-order valence-electron chi connectivity index (χ1n) is 6.26. The molecule has 106 valence electrons. The largest absolute Gasteiger partial charge is 0.481 e. The van der Waals surface area contributed by atoms with E-state index in [4.69, 9.17) is 5.11 Å². The van der Waals surface area contributed by atoms with E-state index in [1.165, 1.54) is 4.90 Å². The van der Waals surface area contributed by atoms with Crippen molar-refractivity contribution in [3.63, 3.8) is 0 Å². The molecule has 1 aliphatic carbocycles. The summed E-state index contributed by atoms with van der Waals surface area (Å²) in [6.07, 6.45) is -3.20. The molecule has 0 aromatic carbocycles. The van der Waals surface area contributed by atoms with E-state index in [9.17, 15) is 18.0 Å². The fourth-order valence-corrected chi connectivity index (χ4v) is 1.99. The van der Waals surface area contributed by atoms with Gasteiger partial charge in [-0.15, -0.1) is 0 Å². The van der Waals surface area contributed by atoms with E-state index in [1.807, 2.05) is 13.8 Å². The third-order valence-electron chi connectivity index (χ3n) is 3.13. The number of nitrogens with zero attached hydrogens (tertiary/aromatic N) is 1. The number of carboxylic acid groups (broad SMARTS) is 1. The third kappa shape index (κ3) is 4.84. The summed E-state index contributed by atoms with van der Waals surface area (Å²) in [5.41, 5.74) is 0. The van der Waals surface area contributed by atoms with Gasteiger partial charge in [-0.1, -0.05) is 13.8 Å². The molecular weight excluding hydrogens is 247 g/mol. The van der Waals surface area contributed by atoms with Gasteiger partial charge in [0.05, 0.1) is 6.42 Å². The minimum atomic E-state index is -4.47. The normalized spacial score (nSPS) is 18.4. The molecule has 6 heteroatoms. The second-order valence-corrected chi connectivity index (χ2v) is 5.31. The molecular formula is C12H20F3NO2. The lowest BCUT2D eigenvalue weighted by Crippen LogP contribution is -2.48. The Morgan fingerprint density at radius 2 is 1.94 bits per heavy atom. The van der Waals surface area contributed by atoms with E-state index >= 15 is 0 Å². The van der Waals surface area contributed by atoms with Gasteiger partial charge < -0.3 is 5.11 Å². The van der Waals surface area contributed by atoms with Gasteiger partial charge in [0.2, 0.25) is 0 Å². The third-order valence-corrected chi connectivity index (χ3v) is 3.13. The van der Waals surface area contributed by atoms with Crippen LogP contribution in [0.2, 0.25) is 0 Å². The number of aliphatic carboxylic acids is 1. The van der Waals surface area contributed by atoms with Gasteiger partial charge in [0.15, 0.2) is 0 Å². The van der Waals surface area contributed by atoms with Gasteiger partial charge in [0, 0.05) is 6.04 Å². The lowest BCUT2D eigenvalue weighted by Gasteiger charge is -2.32. The van der Waals surface area contributed by atoms with E-state index in [0.717, 1.165) is 12.8 Å².